The molecule has 94 valence electrons. The Morgan fingerprint density at radius 3 is 2.84 bits per heavy atom. The number of hydrogen-bond acceptors (Lipinski definition) is 3. The number of hydrogen-bond donors (Lipinski definition) is 1. The Morgan fingerprint density at radius 2 is 2.11 bits per heavy atom. The zero-order valence-corrected chi connectivity index (χ0v) is 10.4. The van der Waals surface area contributed by atoms with Crippen molar-refractivity contribution in [1.29, 1.82) is 0 Å². The van der Waals surface area contributed by atoms with Gasteiger partial charge in [-0.15, -0.1) is 0 Å². The summed E-state index contributed by atoms with van der Waals surface area (Å²) in [6, 6.07) is 8.57. The number of fused-ring (bicyclic) bond motifs is 1. The van der Waals surface area contributed by atoms with Gasteiger partial charge in [-0.3, -0.25) is 4.98 Å². The summed E-state index contributed by atoms with van der Waals surface area (Å²) < 4.78 is 1.52. The van der Waals surface area contributed by atoms with Crippen molar-refractivity contribution in [3.8, 4) is 5.69 Å². The number of halogens is 1. The fraction of sp³-hybridized carbons (Fsp3) is 0. The van der Waals surface area contributed by atoms with Gasteiger partial charge in [0.25, 0.3) is 0 Å². The van der Waals surface area contributed by atoms with Crippen LogP contribution in [-0.2, 0) is 0 Å². The van der Waals surface area contributed by atoms with E-state index < -0.39 is 5.97 Å². The molecule has 1 N–H and O–H groups in total. The largest absolute Gasteiger partial charge is 0.476 e. The topological polar surface area (TPSA) is 68.0 Å². The molecule has 0 atom stereocenters. The summed E-state index contributed by atoms with van der Waals surface area (Å²) in [4.78, 5) is 15.1. The first kappa shape index (κ1) is 11.7. The van der Waals surface area contributed by atoms with E-state index in [1.54, 1.807) is 30.6 Å². The molecule has 19 heavy (non-hydrogen) atoms. The van der Waals surface area contributed by atoms with Crippen LogP contribution in [0.4, 0.5) is 0 Å². The zero-order chi connectivity index (χ0) is 13.4. The summed E-state index contributed by atoms with van der Waals surface area (Å²) in [5.74, 6) is -1.06. The predicted molar refractivity (Wildman–Crippen MR) is 70.8 cm³/mol. The van der Waals surface area contributed by atoms with Gasteiger partial charge in [0.1, 0.15) is 0 Å². The van der Waals surface area contributed by atoms with E-state index in [0.717, 1.165) is 16.6 Å². The highest BCUT2D eigenvalue weighted by molar-refractivity contribution is 6.31. The Hall–Kier alpha value is -2.40. The van der Waals surface area contributed by atoms with E-state index in [0.29, 0.717) is 5.02 Å². The lowest BCUT2D eigenvalue weighted by Crippen LogP contribution is -2.01. The second-order valence-electron chi connectivity index (χ2n) is 3.94. The lowest BCUT2D eigenvalue weighted by Gasteiger charge is -2.06. The maximum atomic E-state index is 10.8. The second-order valence-corrected chi connectivity index (χ2v) is 4.38. The number of benzene rings is 1. The lowest BCUT2D eigenvalue weighted by molar-refractivity contribution is 0.0690. The summed E-state index contributed by atoms with van der Waals surface area (Å²) in [7, 11) is 0. The third-order valence-electron chi connectivity index (χ3n) is 2.74. The first-order valence-electron chi connectivity index (χ1n) is 5.49. The molecule has 0 unspecified atom stereocenters. The molecule has 0 amide bonds. The van der Waals surface area contributed by atoms with Crippen molar-refractivity contribution in [2.45, 2.75) is 0 Å². The minimum Gasteiger partial charge on any atom is -0.476 e. The second kappa shape index (κ2) is 4.37. The highest BCUT2D eigenvalue weighted by Crippen LogP contribution is 2.23. The number of carboxylic acids is 1. The first-order valence-corrected chi connectivity index (χ1v) is 5.86. The summed E-state index contributed by atoms with van der Waals surface area (Å²) in [5.41, 5.74) is 1.49. The van der Waals surface area contributed by atoms with Crippen molar-refractivity contribution in [2.75, 3.05) is 0 Å². The van der Waals surface area contributed by atoms with Crippen LogP contribution in [0.5, 0.6) is 0 Å². The molecule has 2 heterocycles. The van der Waals surface area contributed by atoms with Gasteiger partial charge >= 0.3 is 5.97 Å². The minimum atomic E-state index is -1.06. The molecule has 6 heteroatoms. The van der Waals surface area contributed by atoms with Crippen LogP contribution < -0.4 is 0 Å². The number of carbonyl (C=O) groups is 1. The van der Waals surface area contributed by atoms with E-state index in [9.17, 15) is 4.79 Å². The molecule has 0 bridgehead atoms. The Balaban J connectivity index is 2.21. The maximum Gasteiger partial charge on any atom is 0.356 e. The van der Waals surface area contributed by atoms with E-state index in [-0.39, 0.29) is 5.69 Å². The Morgan fingerprint density at radius 1 is 1.26 bits per heavy atom. The van der Waals surface area contributed by atoms with Crippen molar-refractivity contribution in [3.63, 3.8) is 0 Å². The third-order valence-corrected chi connectivity index (χ3v) is 2.97. The molecule has 0 aliphatic heterocycles. The third kappa shape index (κ3) is 2.04. The molecule has 0 saturated heterocycles. The predicted octanol–water partition coefficient (Wildman–Crippen LogP) is 2.77. The van der Waals surface area contributed by atoms with Crippen molar-refractivity contribution in [3.05, 3.63) is 53.4 Å². The average molecular weight is 274 g/mol. The van der Waals surface area contributed by atoms with E-state index in [1.165, 1.54) is 10.7 Å². The standard InChI is InChI=1S/C13H8ClN3O2/c14-8-1-2-9-11(7-8)15-5-3-12(9)17-6-4-10(16-17)13(18)19/h1-7H,(H,18,19). The Labute approximate surface area is 113 Å². The number of aromatic nitrogens is 3. The van der Waals surface area contributed by atoms with E-state index >= 15 is 0 Å². The zero-order valence-electron chi connectivity index (χ0n) is 9.62. The van der Waals surface area contributed by atoms with E-state index in [4.69, 9.17) is 16.7 Å². The smallest absolute Gasteiger partial charge is 0.356 e. The monoisotopic (exact) mass is 273 g/mol. The van der Waals surface area contributed by atoms with Crippen LogP contribution in [0.2, 0.25) is 5.02 Å². The molecule has 5 nitrogen and oxygen atoms in total. The molecule has 0 fully saturated rings. The number of rotatable bonds is 2. The molecule has 0 saturated carbocycles. The molecule has 0 aliphatic carbocycles. The molecule has 0 spiro atoms. The average Bonchev–Trinajstić information content (AvgIpc) is 2.87. The fourth-order valence-corrected chi connectivity index (χ4v) is 2.04. The SMILES string of the molecule is O=C(O)c1ccn(-c2ccnc3cc(Cl)ccc23)n1. The van der Waals surface area contributed by atoms with Crippen molar-refractivity contribution >= 4 is 28.5 Å². The van der Waals surface area contributed by atoms with Crippen LogP contribution in [0.1, 0.15) is 10.5 Å². The van der Waals surface area contributed by atoms with Gasteiger partial charge < -0.3 is 5.11 Å². The number of pyridine rings is 1. The fourth-order valence-electron chi connectivity index (χ4n) is 1.88. The molecule has 3 rings (SSSR count). The van der Waals surface area contributed by atoms with Gasteiger partial charge in [-0.25, -0.2) is 9.48 Å². The molecule has 0 radical (unpaired) electrons. The van der Waals surface area contributed by atoms with Crippen LogP contribution >= 0.6 is 11.6 Å². The molecule has 0 aliphatic rings. The number of carboxylic acid groups (broad SMARTS) is 1. The molecular formula is C13H8ClN3O2. The highest BCUT2D eigenvalue weighted by Gasteiger charge is 2.10. The number of nitrogens with zero attached hydrogens (tertiary/aromatic N) is 3. The summed E-state index contributed by atoms with van der Waals surface area (Å²) >= 11 is 5.92. The van der Waals surface area contributed by atoms with Gasteiger partial charge in [0.2, 0.25) is 0 Å². The molecule has 1 aromatic carbocycles. The van der Waals surface area contributed by atoms with Gasteiger partial charge in [0.05, 0.1) is 11.2 Å². The van der Waals surface area contributed by atoms with Crippen LogP contribution in [0.3, 0.4) is 0 Å². The quantitative estimate of drug-likeness (QED) is 0.779. The van der Waals surface area contributed by atoms with Crippen LogP contribution in [0.25, 0.3) is 16.6 Å². The summed E-state index contributed by atoms with van der Waals surface area (Å²) in [6.45, 7) is 0. The van der Waals surface area contributed by atoms with E-state index in [2.05, 4.69) is 10.1 Å². The normalized spacial score (nSPS) is 10.8. The minimum absolute atomic E-state index is 0.000995. The van der Waals surface area contributed by atoms with Gasteiger partial charge in [-0.05, 0) is 30.3 Å². The van der Waals surface area contributed by atoms with Gasteiger partial charge in [0, 0.05) is 22.8 Å². The van der Waals surface area contributed by atoms with Gasteiger partial charge in [-0.2, -0.15) is 5.10 Å². The van der Waals surface area contributed by atoms with Gasteiger partial charge in [-0.1, -0.05) is 11.6 Å². The first-order chi connectivity index (χ1) is 9.15. The van der Waals surface area contributed by atoms with Gasteiger partial charge in [0.15, 0.2) is 5.69 Å². The van der Waals surface area contributed by atoms with Crippen molar-refractivity contribution in [2.24, 2.45) is 0 Å². The van der Waals surface area contributed by atoms with Crippen molar-refractivity contribution < 1.29 is 9.90 Å². The number of aromatic carboxylic acids is 1. The molecule has 2 aromatic heterocycles. The lowest BCUT2D eigenvalue weighted by atomic mass is 10.2. The molecular weight excluding hydrogens is 266 g/mol. The Kier molecular flexibility index (Phi) is 2.68. The van der Waals surface area contributed by atoms with Crippen molar-refractivity contribution in [1.82, 2.24) is 14.8 Å². The summed E-state index contributed by atoms with van der Waals surface area (Å²) in [5, 5.41) is 14.4. The Bertz CT molecular complexity index is 782. The van der Waals surface area contributed by atoms with Crippen LogP contribution in [0.15, 0.2) is 42.7 Å². The van der Waals surface area contributed by atoms with E-state index in [1.807, 2.05) is 6.07 Å². The molecule has 3 aromatic rings. The maximum absolute atomic E-state index is 10.8. The summed E-state index contributed by atoms with van der Waals surface area (Å²) in [6.07, 6.45) is 3.24. The highest BCUT2D eigenvalue weighted by atomic mass is 35.5. The van der Waals surface area contributed by atoms with Crippen LogP contribution in [0, 0.1) is 0 Å². The van der Waals surface area contributed by atoms with Crippen LogP contribution in [-0.4, -0.2) is 25.8 Å².